The molecule has 1 aromatic heterocycles. The summed E-state index contributed by atoms with van der Waals surface area (Å²) in [5, 5.41) is 9.27. The monoisotopic (exact) mass is 509 g/mol. The fourth-order valence-corrected chi connectivity index (χ4v) is 5.20. The minimum Gasteiger partial charge on any atom is -0.379 e. The van der Waals surface area contributed by atoms with Gasteiger partial charge in [-0.15, -0.1) is 0 Å². The molecule has 196 valence electrons. The van der Waals surface area contributed by atoms with Crippen LogP contribution in [0.15, 0.2) is 18.3 Å². The zero-order valence-electron chi connectivity index (χ0n) is 19.8. The van der Waals surface area contributed by atoms with Gasteiger partial charge in [0.25, 0.3) is 0 Å². The van der Waals surface area contributed by atoms with E-state index in [1.807, 2.05) is 4.90 Å². The Balaban J connectivity index is 1.22. The summed E-state index contributed by atoms with van der Waals surface area (Å²) in [4.78, 5) is 34.3. The van der Waals surface area contributed by atoms with Crippen molar-refractivity contribution in [2.24, 2.45) is 5.92 Å². The molecule has 1 aromatic rings. The molecule has 0 radical (unpaired) electrons. The molecule has 3 fully saturated rings. The van der Waals surface area contributed by atoms with Gasteiger partial charge < -0.3 is 14.5 Å². The maximum Gasteiger partial charge on any atom is 0.402 e. The molecule has 3 atom stereocenters. The standard InChI is InChI=1S/C23H30F3N7O3/c24-23(25,26)20-18(14-29-30-22(20)35)33-7-2-4-17(33)15-36-12-5-19(34)31-8-10-32(11-9-31)21-16(13-27)3-1-6-28-21/h1,3,6,17-18,20,29H,2,4-5,7-12,14-15H2,(H,30,35)/t17-,18?,20?/m0/s1. The highest BCUT2D eigenvalue weighted by molar-refractivity contribution is 5.80. The smallest absolute Gasteiger partial charge is 0.379 e. The first kappa shape index (κ1) is 26.1. The van der Waals surface area contributed by atoms with E-state index < -0.39 is 24.0 Å². The highest BCUT2D eigenvalue weighted by Gasteiger charge is 2.54. The van der Waals surface area contributed by atoms with Crippen molar-refractivity contribution in [3.05, 3.63) is 23.9 Å². The molecule has 3 aliphatic rings. The summed E-state index contributed by atoms with van der Waals surface area (Å²) in [7, 11) is 0. The third-order valence-corrected chi connectivity index (χ3v) is 7.00. The normalized spacial score (nSPS) is 25.5. The zero-order valence-corrected chi connectivity index (χ0v) is 19.8. The summed E-state index contributed by atoms with van der Waals surface area (Å²) in [6.45, 7) is 3.00. The molecule has 0 aliphatic carbocycles. The second-order valence-corrected chi connectivity index (χ2v) is 9.17. The van der Waals surface area contributed by atoms with Gasteiger partial charge in [0, 0.05) is 51.0 Å². The molecule has 4 heterocycles. The van der Waals surface area contributed by atoms with E-state index in [9.17, 15) is 28.0 Å². The molecule has 10 nitrogen and oxygen atoms in total. The van der Waals surface area contributed by atoms with Crippen LogP contribution >= 0.6 is 0 Å². The van der Waals surface area contributed by atoms with E-state index in [1.54, 1.807) is 28.1 Å². The zero-order chi connectivity index (χ0) is 25.7. The van der Waals surface area contributed by atoms with Gasteiger partial charge in [0.15, 0.2) is 5.92 Å². The van der Waals surface area contributed by atoms with Crippen LogP contribution in [0.2, 0.25) is 0 Å². The number of pyridine rings is 1. The first-order valence-electron chi connectivity index (χ1n) is 12.1. The van der Waals surface area contributed by atoms with Crippen LogP contribution < -0.4 is 15.8 Å². The highest BCUT2D eigenvalue weighted by Crippen LogP contribution is 2.35. The van der Waals surface area contributed by atoms with Crippen LogP contribution in [0, 0.1) is 17.2 Å². The van der Waals surface area contributed by atoms with Crippen LogP contribution in [-0.2, 0) is 14.3 Å². The molecule has 0 saturated carbocycles. The number of hydrogen-bond donors (Lipinski definition) is 2. The second-order valence-electron chi connectivity index (χ2n) is 9.17. The lowest BCUT2D eigenvalue weighted by Crippen LogP contribution is -2.65. The third-order valence-electron chi connectivity index (χ3n) is 7.00. The van der Waals surface area contributed by atoms with Gasteiger partial charge in [0.05, 0.1) is 25.2 Å². The Hall–Kier alpha value is -2.95. The molecule has 2 N–H and O–H groups in total. The van der Waals surface area contributed by atoms with Gasteiger partial charge in [-0.25, -0.2) is 10.4 Å². The molecule has 0 spiro atoms. The Morgan fingerprint density at radius 2 is 2.03 bits per heavy atom. The number of hydrazine groups is 1. The van der Waals surface area contributed by atoms with Crippen LogP contribution in [0.25, 0.3) is 0 Å². The predicted octanol–water partition coefficient (Wildman–Crippen LogP) is 0.654. The number of likely N-dealkylation sites (tertiary alicyclic amines) is 1. The number of nitrogens with one attached hydrogen (secondary N) is 2. The number of carbonyl (C=O) groups excluding carboxylic acids is 2. The molecule has 3 aliphatic heterocycles. The van der Waals surface area contributed by atoms with Crippen molar-refractivity contribution < 1.29 is 27.5 Å². The van der Waals surface area contributed by atoms with Gasteiger partial charge in [-0.05, 0) is 31.5 Å². The number of nitriles is 1. The number of halogens is 3. The van der Waals surface area contributed by atoms with Crippen molar-refractivity contribution in [2.45, 2.75) is 37.5 Å². The fraction of sp³-hybridized carbons (Fsp3) is 0.652. The molecule has 4 rings (SSSR count). The van der Waals surface area contributed by atoms with E-state index in [2.05, 4.69) is 21.9 Å². The Kier molecular flexibility index (Phi) is 8.28. The maximum atomic E-state index is 13.5. The lowest BCUT2D eigenvalue weighted by atomic mass is 9.94. The van der Waals surface area contributed by atoms with Crippen LogP contribution in [-0.4, -0.2) is 97.3 Å². The number of aromatic nitrogens is 1. The van der Waals surface area contributed by atoms with Crippen molar-refractivity contribution >= 4 is 17.6 Å². The number of ether oxygens (including phenoxy) is 1. The summed E-state index contributed by atoms with van der Waals surface area (Å²) < 4.78 is 46.4. The summed E-state index contributed by atoms with van der Waals surface area (Å²) in [6, 6.07) is 4.33. The second kappa shape index (κ2) is 11.4. The molecule has 0 aromatic carbocycles. The van der Waals surface area contributed by atoms with Gasteiger partial charge in [-0.1, -0.05) is 0 Å². The predicted molar refractivity (Wildman–Crippen MR) is 122 cm³/mol. The van der Waals surface area contributed by atoms with Gasteiger partial charge in [-0.3, -0.25) is 19.9 Å². The van der Waals surface area contributed by atoms with Crippen LogP contribution in [0.5, 0.6) is 0 Å². The number of hydrogen-bond acceptors (Lipinski definition) is 8. The Bertz CT molecular complexity index is 978. The minimum atomic E-state index is -4.63. The Morgan fingerprint density at radius 3 is 2.75 bits per heavy atom. The van der Waals surface area contributed by atoms with Crippen molar-refractivity contribution in [2.75, 3.05) is 57.4 Å². The number of piperazine rings is 1. The summed E-state index contributed by atoms with van der Waals surface area (Å²) in [5.74, 6) is -2.59. The Morgan fingerprint density at radius 1 is 1.25 bits per heavy atom. The number of nitrogens with zero attached hydrogens (tertiary/aromatic N) is 5. The number of amides is 2. The van der Waals surface area contributed by atoms with E-state index in [-0.39, 0.29) is 38.1 Å². The molecule has 0 bridgehead atoms. The van der Waals surface area contributed by atoms with Crippen LogP contribution in [0.4, 0.5) is 19.0 Å². The van der Waals surface area contributed by atoms with Gasteiger partial charge in [0.2, 0.25) is 11.8 Å². The number of anilines is 1. The molecular formula is C23H30F3N7O3. The van der Waals surface area contributed by atoms with Crippen LogP contribution in [0.1, 0.15) is 24.8 Å². The van der Waals surface area contributed by atoms with Crippen LogP contribution in [0.3, 0.4) is 0 Å². The van der Waals surface area contributed by atoms with E-state index in [0.29, 0.717) is 50.5 Å². The number of rotatable bonds is 7. The maximum absolute atomic E-state index is 13.5. The van der Waals surface area contributed by atoms with E-state index >= 15 is 0 Å². The summed E-state index contributed by atoms with van der Waals surface area (Å²) >= 11 is 0. The van der Waals surface area contributed by atoms with Gasteiger partial charge in [0.1, 0.15) is 11.9 Å². The SMILES string of the molecule is N#Cc1cccnc1N1CCN(C(=O)CCOC[C@@H]2CCCN2C2CNNC(=O)C2C(F)(F)F)CC1. The summed E-state index contributed by atoms with van der Waals surface area (Å²) in [5.41, 5.74) is 5.16. The van der Waals surface area contributed by atoms with Gasteiger partial charge >= 0.3 is 6.18 Å². The highest BCUT2D eigenvalue weighted by atomic mass is 19.4. The summed E-state index contributed by atoms with van der Waals surface area (Å²) in [6.07, 6.45) is -1.41. The Labute approximate surface area is 207 Å². The average Bonchev–Trinajstić information content (AvgIpc) is 3.34. The fourth-order valence-electron chi connectivity index (χ4n) is 5.20. The molecule has 2 unspecified atom stereocenters. The van der Waals surface area contributed by atoms with Crippen molar-refractivity contribution in [3.63, 3.8) is 0 Å². The van der Waals surface area contributed by atoms with Gasteiger partial charge in [-0.2, -0.15) is 18.4 Å². The molecular weight excluding hydrogens is 479 g/mol. The topological polar surface area (TPSA) is 114 Å². The lowest BCUT2D eigenvalue weighted by Gasteiger charge is -2.40. The molecule has 36 heavy (non-hydrogen) atoms. The van der Waals surface area contributed by atoms with Crippen molar-refractivity contribution in [1.82, 2.24) is 25.6 Å². The average molecular weight is 510 g/mol. The first-order valence-corrected chi connectivity index (χ1v) is 12.1. The third kappa shape index (κ3) is 5.88. The van der Waals surface area contributed by atoms with E-state index in [0.717, 1.165) is 6.42 Å². The molecule has 3 saturated heterocycles. The minimum absolute atomic E-state index is 0.00520. The number of alkyl halides is 3. The lowest BCUT2D eigenvalue weighted by molar-refractivity contribution is -0.201. The first-order chi connectivity index (χ1) is 17.3. The van der Waals surface area contributed by atoms with E-state index in [4.69, 9.17) is 4.74 Å². The molecule has 2 amide bonds. The molecule has 13 heteroatoms. The van der Waals surface area contributed by atoms with Crippen molar-refractivity contribution in [1.29, 1.82) is 5.26 Å². The quantitative estimate of drug-likeness (QED) is 0.516. The number of carbonyl (C=O) groups is 2. The van der Waals surface area contributed by atoms with Crippen molar-refractivity contribution in [3.8, 4) is 6.07 Å². The largest absolute Gasteiger partial charge is 0.402 e. The van der Waals surface area contributed by atoms with E-state index in [1.165, 1.54) is 0 Å².